The lowest BCUT2D eigenvalue weighted by molar-refractivity contribution is -0.133. The van der Waals surface area contributed by atoms with Crippen LogP contribution in [0, 0.1) is 5.92 Å². The minimum absolute atomic E-state index is 0.131. The van der Waals surface area contributed by atoms with Crippen LogP contribution in [0.2, 0.25) is 0 Å². The summed E-state index contributed by atoms with van der Waals surface area (Å²) in [4.78, 5) is 16.4. The third kappa shape index (κ3) is 3.00. The number of nitrogens with zero attached hydrogens (tertiary/aromatic N) is 1. The molecule has 2 aromatic rings. The number of carbonyl (C=O) groups is 1. The highest BCUT2D eigenvalue weighted by atomic mass is 32.1. The predicted molar refractivity (Wildman–Crippen MR) is 91.7 cm³/mol. The molecule has 2 aliphatic rings. The van der Waals surface area contributed by atoms with Crippen molar-refractivity contribution in [1.82, 2.24) is 4.90 Å². The summed E-state index contributed by atoms with van der Waals surface area (Å²) in [5, 5.41) is 2.08. The van der Waals surface area contributed by atoms with Crippen molar-refractivity contribution in [3.8, 4) is 5.75 Å². The van der Waals surface area contributed by atoms with E-state index in [2.05, 4.69) is 28.5 Å². The van der Waals surface area contributed by atoms with E-state index in [1.165, 1.54) is 10.4 Å². The molecule has 0 aliphatic heterocycles. The highest BCUT2D eigenvalue weighted by Crippen LogP contribution is 2.52. The van der Waals surface area contributed by atoms with Gasteiger partial charge in [0.15, 0.2) is 0 Å². The fraction of sp³-hybridized carbons (Fsp3) is 0.421. The third-order valence-corrected chi connectivity index (χ3v) is 5.68. The summed E-state index contributed by atoms with van der Waals surface area (Å²) in [6.07, 6.45) is 3.26. The van der Waals surface area contributed by atoms with Crippen LogP contribution in [0.5, 0.6) is 5.75 Å². The van der Waals surface area contributed by atoms with Gasteiger partial charge in [0.05, 0.1) is 13.7 Å². The summed E-state index contributed by atoms with van der Waals surface area (Å²) in [5.74, 6) is 1.69. The van der Waals surface area contributed by atoms with Gasteiger partial charge in [-0.15, -0.1) is 11.3 Å². The molecule has 0 unspecified atom stereocenters. The number of carbonyl (C=O) groups excluding carboxylic acids is 1. The first-order valence-electron chi connectivity index (χ1n) is 8.23. The summed E-state index contributed by atoms with van der Waals surface area (Å²) < 4.78 is 5.46. The van der Waals surface area contributed by atoms with Crippen molar-refractivity contribution in [2.24, 2.45) is 5.92 Å². The van der Waals surface area contributed by atoms with E-state index in [1.807, 2.05) is 18.2 Å². The van der Waals surface area contributed by atoms with Gasteiger partial charge in [0.25, 0.3) is 0 Å². The predicted octanol–water partition coefficient (Wildman–Crippen LogP) is 4.05. The average Bonchev–Trinajstić information content (AvgIpc) is 3.50. The van der Waals surface area contributed by atoms with Crippen LogP contribution in [0.15, 0.2) is 41.8 Å². The fourth-order valence-electron chi connectivity index (χ4n) is 3.34. The number of ether oxygens (including phenoxy) is 1. The largest absolute Gasteiger partial charge is 0.496 e. The van der Waals surface area contributed by atoms with E-state index in [-0.39, 0.29) is 5.92 Å². The smallest absolute Gasteiger partial charge is 0.226 e. The van der Waals surface area contributed by atoms with Gasteiger partial charge in [0, 0.05) is 16.8 Å². The summed E-state index contributed by atoms with van der Waals surface area (Å²) >= 11 is 1.74. The molecule has 120 valence electrons. The Kier molecular flexibility index (Phi) is 3.85. The number of thiophene rings is 1. The van der Waals surface area contributed by atoms with Crippen LogP contribution in [0.4, 0.5) is 0 Å². The minimum Gasteiger partial charge on any atom is -0.496 e. The highest BCUT2D eigenvalue weighted by Gasteiger charge is 2.49. The second kappa shape index (κ2) is 6.00. The number of amides is 1. The Labute approximate surface area is 140 Å². The molecule has 23 heavy (non-hydrogen) atoms. The van der Waals surface area contributed by atoms with Crippen LogP contribution in [0.3, 0.4) is 0 Å². The van der Waals surface area contributed by atoms with Crippen molar-refractivity contribution in [3.05, 3.63) is 52.2 Å². The topological polar surface area (TPSA) is 29.5 Å². The molecule has 1 aromatic heterocycles. The van der Waals surface area contributed by atoms with Crippen molar-refractivity contribution < 1.29 is 9.53 Å². The molecular formula is C19H21NO2S. The zero-order valence-corrected chi connectivity index (χ0v) is 14.1. The summed E-state index contributed by atoms with van der Waals surface area (Å²) in [6.45, 7) is 0.774. The monoisotopic (exact) mass is 327 g/mol. The zero-order chi connectivity index (χ0) is 15.8. The Bertz CT molecular complexity index is 693. The van der Waals surface area contributed by atoms with Crippen LogP contribution in [-0.4, -0.2) is 24.0 Å². The van der Waals surface area contributed by atoms with Crippen molar-refractivity contribution in [2.75, 3.05) is 7.11 Å². The van der Waals surface area contributed by atoms with Gasteiger partial charge in [-0.05, 0) is 48.3 Å². The maximum absolute atomic E-state index is 13.0. The highest BCUT2D eigenvalue weighted by molar-refractivity contribution is 7.09. The lowest BCUT2D eigenvalue weighted by Crippen LogP contribution is -2.33. The second-order valence-corrected chi connectivity index (χ2v) is 7.50. The van der Waals surface area contributed by atoms with Gasteiger partial charge >= 0.3 is 0 Å². The lowest BCUT2D eigenvalue weighted by Gasteiger charge is -2.22. The van der Waals surface area contributed by atoms with Gasteiger partial charge in [-0.25, -0.2) is 0 Å². The van der Waals surface area contributed by atoms with E-state index in [0.717, 1.165) is 31.6 Å². The molecule has 1 aromatic carbocycles. The SMILES string of the molecule is COc1ccccc1[C@H]1C[C@@H]1C(=O)N(Cc1cccs1)C1CC1. The van der Waals surface area contributed by atoms with Crippen molar-refractivity contribution in [3.63, 3.8) is 0 Å². The number of hydrogen-bond donors (Lipinski definition) is 0. The molecule has 0 saturated heterocycles. The van der Waals surface area contributed by atoms with E-state index in [4.69, 9.17) is 4.74 Å². The quantitative estimate of drug-likeness (QED) is 0.801. The second-order valence-electron chi connectivity index (χ2n) is 6.47. The number of benzene rings is 1. The van der Waals surface area contributed by atoms with Gasteiger partial charge < -0.3 is 9.64 Å². The van der Waals surface area contributed by atoms with E-state index < -0.39 is 0 Å². The number of methoxy groups -OCH3 is 1. The van der Waals surface area contributed by atoms with E-state index in [9.17, 15) is 4.79 Å². The Hall–Kier alpha value is -1.81. The fourth-order valence-corrected chi connectivity index (χ4v) is 4.04. The van der Waals surface area contributed by atoms with Crippen molar-refractivity contribution in [2.45, 2.75) is 37.8 Å². The maximum Gasteiger partial charge on any atom is 0.226 e. The first kappa shape index (κ1) is 14.8. The number of hydrogen-bond acceptors (Lipinski definition) is 3. The molecule has 1 heterocycles. The molecule has 0 radical (unpaired) electrons. The Balaban J connectivity index is 1.48. The Morgan fingerprint density at radius 2 is 2.09 bits per heavy atom. The molecule has 4 heteroatoms. The Morgan fingerprint density at radius 3 is 2.78 bits per heavy atom. The minimum atomic E-state index is 0.131. The van der Waals surface area contributed by atoms with Crippen LogP contribution in [0.1, 0.15) is 35.6 Å². The summed E-state index contributed by atoms with van der Waals surface area (Å²) in [7, 11) is 1.70. The van der Waals surface area contributed by atoms with Crippen LogP contribution in [-0.2, 0) is 11.3 Å². The standard InChI is InChI=1S/C19H21NO2S/c1-22-18-7-3-2-6-15(18)16-11-17(16)19(21)20(13-8-9-13)12-14-5-4-10-23-14/h2-7,10,13,16-17H,8-9,11-12H2,1H3/t16-,17+/m1/s1. The Morgan fingerprint density at radius 1 is 1.26 bits per heavy atom. The van der Waals surface area contributed by atoms with Crippen molar-refractivity contribution in [1.29, 1.82) is 0 Å². The molecule has 1 amide bonds. The van der Waals surface area contributed by atoms with E-state index in [1.54, 1.807) is 18.4 Å². The summed E-state index contributed by atoms with van der Waals surface area (Å²) in [5.41, 5.74) is 1.18. The first-order chi connectivity index (χ1) is 11.3. The van der Waals surface area contributed by atoms with Crippen LogP contribution < -0.4 is 4.74 Å². The van der Waals surface area contributed by atoms with Gasteiger partial charge in [0.2, 0.25) is 5.91 Å². The lowest BCUT2D eigenvalue weighted by atomic mass is 10.1. The van der Waals surface area contributed by atoms with Crippen LogP contribution in [0.25, 0.3) is 0 Å². The molecule has 2 saturated carbocycles. The third-order valence-electron chi connectivity index (χ3n) is 4.82. The molecule has 0 spiro atoms. The number of para-hydroxylation sites is 1. The number of rotatable bonds is 6. The molecule has 2 aliphatic carbocycles. The zero-order valence-electron chi connectivity index (χ0n) is 13.3. The van der Waals surface area contributed by atoms with E-state index in [0.29, 0.717) is 17.9 Å². The molecule has 2 atom stereocenters. The first-order valence-corrected chi connectivity index (χ1v) is 9.11. The molecule has 4 rings (SSSR count). The molecular weight excluding hydrogens is 306 g/mol. The molecule has 0 bridgehead atoms. The average molecular weight is 327 g/mol. The van der Waals surface area contributed by atoms with Gasteiger partial charge in [-0.1, -0.05) is 24.3 Å². The maximum atomic E-state index is 13.0. The van der Waals surface area contributed by atoms with Gasteiger partial charge in [-0.3, -0.25) is 4.79 Å². The van der Waals surface area contributed by atoms with Gasteiger partial charge in [-0.2, -0.15) is 0 Å². The van der Waals surface area contributed by atoms with Crippen molar-refractivity contribution >= 4 is 17.2 Å². The molecule has 2 fully saturated rings. The van der Waals surface area contributed by atoms with Crippen LogP contribution >= 0.6 is 11.3 Å². The normalized spacial score (nSPS) is 22.7. The summed E-state index contributed by atoms with van der Waals surface area (Å²) in [6, 6.07) is 12.7. The van der Waals surface area contributed by atoms with E-state index >= 15 is 0 Å². The molecule has 3 nitrogen and oxygen atoms in total. The van der Waals surface area contributed by atoms with Gasteiger partial charge in [0.1, 0.15) is 5.75 Å². The molecule has 0 N–H and O–H groups in total.